The molecule has 0 spiro atoms. The monoisotopic (exact) mass is 272 g/mol. The van der Waals surface area contributed by atoms with Gasteiger partial charge in [0.25, 0.3) is 0 Å². The summed E-state index contributed by atoms with van der Waals surface area (Å²) in [5.74, 6) is 0.182. The number of tetrazole rings is 1. The normalized spacial score (nSPS) is 12.7. The third-order valence-corrected chi connectivity index (χ3v) is 3.15. The summed E-state index contributed by atoms with van der Waals surface area (Å²) in [7, 11) is 0. The predicted molar refractivity (Wildman–Crippen MR) is 70.9 cm³/mol. The molecule has 2 N–H and O–H groups in total. The maximum absolute atomic E-state index is 12.4. The van der Waals surface area contributed by atoms with E-state index in [1.54, 1.807) is 18.2 Å². The fourth-order valence-corrected chi connectivity index (χ4v) is 2.02. The fraction of sp³-hybridized carbons (Fsp3) is 0.231. The summed E-state index contributed by atoms with van der Waals surface area (Å²) in [6.07, 6.45) is 1.28. The summed E-state index contributed by atoms with van der Waals surface area (Å²) >= 11 is 0. The van der Waals surface area contributed by atoms with Gasteiger partial charge in [-0.25, -0.2) is 0 Å². The van der Waals surface area contributed by atoms with Crippen LogP contribution in [-0.4, -0.2) is 25.7 Å². The van der Waals surface area contributed by atoms with Crippen LogP contribution >= 0.6 is 0 Å². The van der Waals surface area contributed by atoms with E-state index in [2.05, 4.69) is 20.6 Å². The van der Waals surface area contributed by atoms with E-state index in [4.69, 9.17) is 4.42 Å². The van der Waals surface area contributed by atoms with Gasteiger partial charge >= 0.3 is 0 Å². The molecule has 1 atom stereocenters. The number of aromatic amines is 1. The largest absolute Gasteiger partial charge is 0.463 e. The Morgan fingerprint density at radius 3 is 3.00 bits per heavy atom. The molecule has 2 heterocycles. The Kier molecular flexibility index (Phi) is 3.03. The van der Waals surface area contributed by atoms with E-state index in [1.807, 2.05) is 6.92 Å². The molecule has 0 saturated carbocycles. The molecular formula is C13H12N4O3. The van der Waals surface area contributed by atoms with Crippen molar-refractivity contribution in [3.8, 4) is 11.4 Å². The molecule has 0 bridgehead atoms. The highest BCUT2D eigenvalue weighted by molar-refractivity contribution is 5.81. The van der Waals surface area contributed by atoms with Gasteiger partial charge in [-0.1, -0.05) is 13.0 Å². The van der Waals surface area contributed by atoms with Gasteiger partial charge in [0.05, 0.1) is 11.5 Å². The van der Waals surface area contributed by atoms with Gasteiger partial charge in [0.15, 0.2) is 0 Å². The van der Waals surface area contributed by atoms with Crippen LogP contribution in [0.15, 0.2) is 33.7 Å². The van der Waals surface area contributed by atoms with Crippen molar-refractivity contribution in [2.24, 2.45) is 0 Å². The van der Waals surface area contributed by atoms with Crippen molar-refractivity contribution in [3.63, 3.8) is 0 Å². The van der Waals surface area contributed by atoms with E-state index in [9.17, 15) is 9.90 Å². The van der Waals surface area contributed by atoms with Crippen LogP contribution in [0.3, 0.4) is 0 Å². The van der Waals surface area contributed by atoms with Gasteiger partial charge in [-0.3, -0.25) is 4.79 Å². The summed E-state index contributed by atoms with van der Waals surface area (Å²) in [5.41, 5.74) is 1.11. The summed E-state index contributed by atoms with van der Waals surface area (Å²) in [5, 5.41) is 23.5. The SMILES string of the molecule is CC[C@@H](O)c1ccc2occ(-c3nn[nH]n3)c(=O)c2c1. The number of aliphatic hydroxyl groups is 1. The van der Waals surface area contributed by atoms with Crippen molar-refractivity contribution in [1.82, 2.24) is 20.6 Å². The molecule has 1 aromatic carbocycles. The third-order valence-electron chi connectivity index (χ3n) is 3.15. The molecular weight excluding hydrogens is 260 g/mol. The predicted octanol–water partition coefficient (Wildman–Crippen LogP) is 1.42. The van der Waals surface area contributed by atoms with Crippen molar-refractivity contribution < 1.29 is 9.52 Å². The van der Waals surface area contributed by atoms with Crippen LogP contribution in [0.5, 0.6) is 0 Å². The number of fused-ring (bicyclic) bond motifs is 1. The standard InChI is InChI=1S/C13H12N4O3/c1-2-10(18)7-3-4-11-8(5-7)12(19)9(6-20-11)13-14-16-17-15-13/h3-6,10,18H,2H2,1H3,(H,14,15,16,17)/t10-/m1/s1. The number of hydrogen-bond donors (Lipinski definition) is 2. The summed E-state index contributed by atoms with van der Waals surface area (Å²) in [6.45, 7) is 1.87. The molecule has 20 heavy (non-hydrogen) atoms. The first-order chi connectivity index (χ1) is 9.70. The zero-order valence-corrected chi connectivity index (χ0v) is 10.7. The lowest BCUT2D eigenvalue weighted by Crippen LogP contribution is -2.07. The molecule has 7 heteroatoms. The number of rotatable bonds is 3. The minimum Gasteiger partial charge on any atom is -0.463 e. The summed E-state index contributed by atoms with van der Waals surface area (Å²) in [6, 6.07) is 5.05. The summed E-state index contributed by atoms with van der Waals surface area (Å²) < 4.78 is 5.41. The molecule has 102 valence electrons. The van der Waals surface area contributed by atoms with E-state index in [-0.39, 0.29) is 16.8 Å². The van der Waals surface area contributed by atoms with Gasteiger partial charge in [-0.05, 0) is 29.3 Å². The molecule has 7 nitrogen and oxygen atoms in total. The molecule has 0 aliphatic carbocycles. The Labute approximate surface area is 113 Å². The first-order valence-corrected chi connectivity index (χ1v) is 6.18. The van der Waals surface area contributed by atoms with Crippen LogP contribution in [-0.2, 0) is 0 Å². The average molecular weight is 272 g/mol. The maximum atomic E-state index is 12.4. The molecule has 0 fully saturated rings. The van der Waals surface area contributed by atoms with Gasteiger partial charge in [0.2, 0.25) is 11.3 Å². The zero-order valence-electron chi connectivity index (χ0n) is 10.7. The summed E-state index contributed by atoms with van der Waals surface area (Å²) in [4.78, 5) is 12.4. The van der Waals surface area contributed by atoms with Crippen molar-refractivity contribution in [2.45, 2.75) is 19.4 Å². The Morgan fingerprint density at radius 2 is 2.30 bits per heavy atom. The van der Waals surface area contributed by atoms with Crippen molar-refractivity contribution in [2.75, 3.05) is 0 Å². The lowest BCUT2D eigenvalue weighted by atomic mass is 10.0. The molecule has 2 aromatic heterocycles. The Hall–Kier alpha value is -2.54. The van der Waals surface area contributed by atoms with Crippen molar-refractivity contribution >= 4 is 11.0 Å². The van der Waals surface area contributed by atoms with Crippen LogP contribution in [0.2, 0.25) is 0 Å². The number of nitrogens with zero attached hydrogens (tertiary/aromatic N) is 3. The second-order valence-corrected chi connectivity index (χ2v) is 4.39. The molecule has 0 saturated heterocycles. The molecule has 0 unspecified atom stereocenters. The second-order valence-electron chi connectivity index (χ2n) is 4.39. The van der Waals surface area contributed by atoms with E-state index < -0.39 is 6.10 Å². The first-order valence-electron chi connectivity index (χ1n) is 6.18. The van der Waals surface area contributed by atoms with E-state index >= 15 is 0 Å². The van der Waals surface area contributed by atoms with E-state index in [0.29, 0.717) is 23.0 Å². The maximum Gasteiger partial charge on any atom is 0.211 e. The number of H-pyrrole nitrogens is 1. The van der Waals surface area contributed by atoms with Crippen molar-refractivity contribution in [3.05, 3.63) is 40.2 Å². The van der Waals surface area contributed by atoms with Crippen LogP contribution in [0.1, 0.15) is 25.0 Å². The fourth-order valence-electron chi connectivity index (χ4n) is 2.02. The van der Waals surface area contributed by atoms with Crippen LogP contribution in [0.25, 0.3) is 22.4 Å². The number of nitrogens with one attached hydrogen (secondary N) is 1. The van der Waals surface area contributed by atoms with Crippen LogP contribution < -0.4 is 5.43 Å². The lowest BCUT2D eigenvalue weighted by molar-refractivity contribution is 0.174. The first kappa shape index (κ1) is 12.5. The Balaban J connectivity index is 2.23. The number of hydrogen-bond acceptors (Lipinski definition) is 6. The molecule has 3 aromatic rings. The Bertz CT molecular complexity index is 795. The average Bonchev–Trinajstić information content (AvgIpc) is 3.00. The number of aliphatic hydroxyl groups excluding tert-OH is 1. The molecule has 0 radical (unpaired) electrons. The van der Waals surface area contributed by atoms with Gasteiger partial charge in [-0.15, -0.1) is 10.2 Å². The minimum atomic E-state index is -0.604. The highest BCUT2D eigenvalue weighted by Crippen LogP contribution is 2.22. The highest BCUT2D eigenvalue weighted by Gasteiger charge is 2.14. The number of aromatic nitrogens is 4. The Morgan fingerprint density at radius 1 is 1.45 bits per heavy atom. The molecule has 0 aliphatic heterocycles. The van der Waals surface area contributed by atoms with Gasteiger partial charge in [0, 0.05) is 0 Å². The molecule has 0 aliphatic rings. The van der Waals surface area contributed by atoms with Crippen LogP contribution in [0, 0.1) is 0 Å². The van der Waals surface area contributed by atoms with E-state index in [1.165, 1.54) is 6.26 Å². The van der Waals surface area contributed by atoms with Gasteiger partial charge < -0.3 is 9.52 Å². The highest BCUT2D eigenvalue weighted by atomic mass is 16.3. The zero-order chi connectivity index (χ0) is 14.1. The van der Waals surface area contributed by atoms with Crippen LogP contribution in [0.4, 0.5) is 0 Å². The lowest BCUT2D eigenvalue weighted by Gasteiger charge is -2.08. The minimum absolute atomic E-state index is 0.182. The smallest absolute Gasteiger partial charge is 0.211 e. The van der Waals surface area contributed by atoms with Gasteiger partial charge in [0.1, 0.15) is 17.4 Å². The quantitative estimate of drug-likeness (QED) is 0.747. The van der Waals surface area contributed by atoms with E-state index in [0.717, 1.165) is 0 Å². The second kappa shape index (κ2) is 4.86. The van der Waals surface area contributed by atoms with Crippen molar-refractivity contribution in [1.29, 1.82) is 0 Å². The third kappa shape index (κ3) is 1.97. The number of benzene rings is 1. The molecule has 3 rings (SSSR count). The molecule has 0 amide bonds. The van der Waals surface area contributed by atoms with Gasteiger partial charge in [-0.2, -0.15) is 5.21 Å². The topological polar surface area (TPSA) is 105 Å².